The lowest BCUT2D eigenvalue weighted by Gasteiger charge is -2.30. The van der Waals surface area contributed by atoms with Crippen molar-refractivity contribution in [2.24, 2.45) is 0 Å². The maximum atomic E-state index is 13.0. The smallest absolute Gasteiger partial charge is 0.323 e. The van der Waals surface area contributed by atoms with E-state index in [-0.39, 0.29) is 12.5 Å². The van der Waals surface area contributed by atoms with Crippen molar-refractivity contribution in [1.82, 2.24) is 10.2 Å². The Bertz CT molecular complexity index is 991. The molecule has 0 bridgehead atoms. The van der Waals surface area contributed by atoms with Gasteiger partial charge in [0.05, 0.1) is 11.4 Å². The summed E-state index contributed by atoms with van der Waals surface area (Å²) in [6, 6.07) is 15.1. The molecule has 2 N–H and O–H groups in total. The van der Waals surface area contributed by atoms with E-state index >= 15 is 0 Å². The van der Waals surface area contributed by atoms with Crippen LogP contribution in [0, 0.1) is 0 Å². The fourth-order valence-corrected chi connectivity index (χ4v) is 3.48. The first-order chi connectivity index (χ1) is 13.4. The highest BCUT2D eigenvalue weighted by Gasteiger charge is 2.49. The fraction of sp³-hybridized carbons (Fsp3) is 0.200. The number of anilines is 2. The SMILES string of the molecule is C[C@@]1(c2ccccc2)NC(=O)N(CC(=O)N2CC(=O)Nc3ccccc32)C1=O. The number of amides is 5. The Kier molecular flexibility index (Phi) is 4.11. The maximum absolute atomic E-state index is 13.0. The van der Waals surface area contributed by atoms with Gasteiger partial charge in [-0.25, -0.2) is 4.79 Å². The van der Waals surface area contributed by atoms with Crippen LogP contribution in [-0.4, -0.2) is 41.7 Å². The number of carbonyl (C=O) groups is 4. The van der Waals surface area contributed by atoms with Gasteiger partial charge in [0.25, 0.3) is 5.91 Å². The molecule has 28 heavy (non-hydrogen) atoms. The average Bonchev–Trinajstić information content (AvgIpc) is 2.92. The second-order valence-corrected chi connectivity index (χ2v) is 6.86. The Balaban J connectivity index is 1.58. The van der Waals surface area contributed by atoms with Crippen molar-refractivity contribution in [1.29, 1.82) is 0 Å². The third-order valence-electron chi connectivity index (χ3n) is 4.99. The monoisotopic (exact) mass is 378 g/mol. The van der Waals surface area contributed by atoms with Crippen LogP contribution in [-0.2, 0) is 19.9 Å². The van der Waals surface area contributed by atoms with Gasteiger partial charge in [0.1, 0.15) is 18.6 Å². The maximum Gasteiger partial charge on any atom is 0.325 e. The van der Waals surface area contributed by atoms with Crippen LogP contribution in [0.15, 0.2) is 54.6 Å². The predicted octanol–water partition coefficient (Wildman–Crippen LogP) is 1.44. The Morgan fingerprint density at radius 3 is 2.46 bits per heavy atom. The van der Waals surface area contributed by atoms with Crippen molar-refractivity contribution >= 4 is 35.1 Å². The predicted molar refractivity (Wildman–Crippen MR) is 101 cm³/mol. The third kappa shape index (κ3) is 2.79. The minimum Gasteiger partial charge on any atom is -0.323 e. The quantitative estimate of drug-likeness (QED) is 0.790. The van der Waals surface area contributed by atoms with Crippen LogP contribution in [0.2, 0.25) is 0 Å². The molecular weight excluding hydrogens is 360 g/mol. The van der Waals surface area contributed by atoms with E-state index in [9.17, 15) is 19.2 Å². The summed E-state index contributed by atoms with van der Waals surface area (Å²) in [5.74, 6) is -1.35. The summed E-state index contributed by atoms with van der Waals surface area (Å²) < 4.78 is 0. The molecule has 8 nitrogen and oxygen atoms in total. The zero-order valence-corrected chi connectivity index (χ0v) is 15.1. The van der Waals surface area contributed by atoms with Crippen LogP contribution in [0.4, 0.5) is 16.2 Å². The highest BCUT2D eigenvalue weighted by molar-refractivity contribution is 6.14. The lowest BCUT2D eigenvalue weighted by Crippen LogP contribution is -2.48. The minimum atomic E-state index is -1.24. The average molecular weight is 378 g/mol. The minimum absolute atomic E-state index is 0.171. The van der Waals surface area contributed by atoms with Gasteiger partial charge in [-0.05, 0) is 24.6 Å². The van der Waals surface area contributed by atoms with Crippen molar-refractivity contribution in [3.8, 4) is 0 Å². The topological polar surface area (TPSA) is 98.8 Å². The Morgan fingerprint density at radius 1 is 1.04 bits per heavy atom. The molecule has 1 fully saturated rings. The van der Waals surface area contributed by atoms with Gasteiger partial charge in [-0.1, -0.05) is 42.5 Å². The molecule has 0 aliphatic carbocycles. The molecule has 0 spiro atoms. The first-order valence-electron chi connectivity index (χ1n) is 8.79. The van der Waals surface area contributed by atoms with Crippen LogP contribution in [0.3, 0.4) is 0 Å². The summed E-state index contributed by atoms with van der Waals surface area (Å²) in [6.45, 7) is 0.987. The van der Waals surface area contributed by atoms with E-state index in [1.165, 1.54) is 4.90 Å². The molecule has 8 heteroatoms. The van der Waals surface area contributed by atoms with Crippen molar-refractivity contribution in [3.05, 3.63) is 60.2 Å². The number of para-hydroxylation sites is 2. The summed E-state index contributed by atoms with van der Waals surface area (Å²) in [5, 5.41) is 5.37. The van der Waals surface area contributed by atoms with E-state index in [4.69, 9.17) is 0 Å². The molecule has 1 atom stereocenters. The second kappa shape index (κ2) is 6.49. The molecule has 2 aromatic rings. The zero-order chi connectivity index (χ0) is 19.9. The molecule has 0 aromatic heterocycles. The summed E-state index contributed by atoms with van der Waals surface area (Å²) in [5.41, 5.74) is 0.435. The van der Waals surface area contributed by atoms with Crippen LogP contribution in [0.5, 0.6) is 0 Å². The number of nitrogens with one attached hydrogen (secondary N) is 2. The number of rotatable bonds is 3. The highest BCUT2D eigenvalue weighted by atomic mass is 16.2. The van der Waals surface area contributed by atoms with E-state index in [0.29, 0.717) is 16.9 Å². The van der Waals surface area contributed by atoms with Crippen LogP contribution >= 0.6 is 0 Å². The second-order valence-electron chi connectivity index (χ2n) is 6.86. The van der Waals surface area contributed by atoms with Crippen LogP contribution in [0.1, 0.15) is 12.5 Å². The molecule has 4 rings (SSSR count). The van der Waals surface area contributed by atoms with E-state index in [2.05, 4.69) is 10.6 Å². The van der Waals surface area contributed by atoms with E-state index in [1.54, 1.807) is 55.5 Å². The molecule has 142 valence electrons. The molecule has 2 aliphatic rings. The largest absolute Gasteiger partial charge is 0.325 e. The molecular formula is C20H18N4O4. The van der Waals surface area contributed by atoms with Gasteiger partial charge in [-0.2, -0.15) is 0 Å². The van der Waals surface area contributed by atoms with Crippen molar-refractivity contribution < 1.29 is 19.2 Å². The normalized spacial score (nSPS) is 21.2. The number of hydrogen-bond acceptors (Lipinski definition) is 4. The molecule has 1 saturated heterocycles. The lowest BCUT2D eigenvalue weighted by atomic mass is 9.92. The van der Waals surface area contributed by atoms with Crippen molar-refractivity contribution in [3.63, 3.8) is 0 Å². The van der Waals surface area contributed by atoms with Crippen molar-refractivity contribution in [2.75, 3.05) is 23.3 Å². The van der Waals surface area contributed by atoms with E-state index in [0.717, 1.165) is 4.90 Å². The number of carbonyl (C=O) groups excluding carboxylic acids is 4. The van der Waals surface area contributed by atoms with E-state index in [1.807, 2.05) is 6.07 Å². The number of fused-ring (bicyclic) bond motifs is 1. The summed E-state index contributed by atoms with van der Waals surface area (Å²) in [6.07, 6.45) is 0. The van der Waals surface area contributed by atoms with Gasteiger partial charge >= 0.3 is 6.03 Å². The lowest BCUT2D eigenvalue weighted by molar-refractivity contribution is -0.134. The Labute approximate surface area is 161 Å². The van der Waals surface area contributed by atoms with Gasteiger partial charge in [-0.15, -0.1) is 0 Å². The molecule has 2 heterocycles. The number of hydrogen-bond donors (Lipinski definition) is 2. The molecule has 0 saturated carbocycles. The molecule has 0 unspecified atom stereocenters. The number of imide groups is 1. The molecule has 0 radical (unpaired) electrons. The van der Waals surface area contributed by atoms with Gasteiger partial charge in [-0.3, -0.25) is 24.2 Å². The summed E-state index contributed by atoms with van der Waals surface area (Å²) >= 11 is 0. The Hall–Kier alpha value is -3.68. The van der Waals surface area contributed by atoms with Gasteiger partial charge in [0.15, 0.2) is 0 Å². The third-order valence-corrected chi connectivity index (χ3v) is 4.99. The number of benzene rings is 2. The molecule has 2 aromatic carbocycles. The number of nitrogens with zero attached hydrogens (tertiary/aromatic N) is 2. The summed E-state index contributed by atoms with van der Waals surface area (Å²) in [4.78, 5) is 52.4. The molecule has 2 aliphatic heterocycles. The fourth-order valence-electron chi connectivity index (χ4n) is 3.48. The van der Waals surface area contributed by atoms with Gasteiger partial charge in [0, 0.05) is 0 Å². The van der Waals surface area contributed by atoms with Crippen molar-refractivity contribution in [2.45, 2.75) is 12.5 Å². The van der Waals surface area contributed by atoms with Gasteiger partial charge in [0.2, 0.25) is 11.8 Å². The standard InChI is InChI=1S/C20H18N4O4/c1-20(13-7-3-2-4-8-13)18(27)24(19(28)22-20)12-17(26)23-11-16(25)21-14-9-5-6-10-15(14)23/h2-10H,11-12H2,1H3,(H,21,25)(H,22,28)/t20-/m0/s1. The number of urea groups is 1. The van der Waals surface area contributed by atoms with E-state index < -0.39 is 29.9 Å². The van der Waals surface area contributed by atoms with Gasteiger partial charge < -0.3 is 10.6 Å². The highest BCUT2D eigenvalue weighted by Crippen LogP contribution is 2.31. The van der Waals surface area contributed by atoms with Crippen LogP contribution < -0.4 is 15.5 Å². The first kappa shape index (κ1) is 17.7. The zero-order valence-electron chi connectivity index (χ0n) is 15.1. The summed E-state index contributed by atoms with van der Waals surface area (Å²) in [7, 11) is 0. The Morgan fingerprint density at radius 2 is 1.71 bits per heavy atom. The molecule has 5 amide bonds. The van der Waals surface area contributed by atoms with Crippen LogP contribution in [0.25, 0.3) is 0 Å². The first-order valence-corrected chi connectivity index (χ1v) is 8.79.